The van der Waals surface area contributed by atoms with Crippen LogP contribution in [-0.2, 0) is 4.79 Å². The van der Waals surface area contributed by atoms with Crippen molar-refractivity contribution in [3.05, 3.63) is 54.2 Å². The Morgan fingerprint density at radius 2 is 1.88 bits per heavy atom. The molecule has 0 saturated heterocycles. The Morgan fingerprint density at radius 3 is 2.62 bits per heavy atom. The van der Waals surface area contributed by atoms with E-state index in [0.717, 1.165) is 5.65 Å². The van der Waals surface area contributed by atoms with Crippen molar-refractivity contribution in [2.75, 3.05) is 11.1 Å². The lowest BCUT2D eigenvalue weighted by molar-refractivity contribution is -0.116. The number of thioether (sulfide) groups is 1. The van der Waals surface area contributed by atoms with Gasteiger partial charge in [0.2, 0.25) is 5.91 Å². The number of ketones is 1. The molecule has 1 amide bonds. The quantitative estimate of drug-likeness (QED) is 0.508. The summed E-state index contributed by atoms with van der Waals surface area (Å²) in [6, 6.07) is 12.6. The van der Waals surface area contributed by atoms with Crippen LogP contribution in [0, 0.1) is 5.92 Å². The first-order valence-corrected chi connectivity index (χ1v) is 9.37. The zero-order valence-corrected chi connectivity index (χ0v) is 15.5. The van der Waals surface area contributed by atoms with Crippen LogP contribution in [-0.4, -0.2) is 32.0 Å². The summed E-state index contributed by atoms with van der Waals surface area (Å²) in [6.07, 6.45) is 2.35. The molecular weight excluding hydrogens is 348 g/mol. The SMILES string of the molecule is CC(C)CC(=O)Nc1ccc(C(=O)CSc2nnc3ccccn23)cc1. The molecule has 2 aromatic heterocycles. The van der Waals surface area contributed by atoms with Gasteiger partial charge >= 0.3 is 0 Å². The van der Waals surface area contributed by atoms with E-state index in [1.165, 1.54) is 11.8 Å². The summed E-state index contributed by atoms with van der Waals surface area (Å²) >= 11 is 1.35. The average Bonchev–Trinajstić information content (AvgIpc) is 3.03. The van der Waals surface area contributed by atoms with Crippen molar-refractivity contribution in [3.8, 4) is 0 Å². The summed E-state index contributed by atoms with van der Waals surface area (Å²) in [7, 11) is 0. The number of fused-ring (bicyclic) bond motifs is 1. The van der Waals surface area contributed by atoms with Crippen molar-refractivity contribution in [2.45, 2.75) is 25.4 Å². The fourth-order valence-corrected chi connectivity index (χ4v) is 3.27. The Bertz CT molecular complexity index is 919. The Morgan fingerprint density at radius 1 is 1.12 bits per heavy atom. The molecule has 0 aliphatic carbocycles. The molecule has 0 aliphatic rings. The van der Waals surface area contributed by atoms with Gasteiger partial charge in [0, 0.05) is 23.9 Å². The van der Waals surface area contributed by atoms with Gasteiger partial charge in [-0.3, -0.25) is 14.0 Å². The maximum Gasteiger partial charge on any atom is 0.224 e. The molecule has 0 atom stereocenters. The number of nitrogens with one attached hydrogen (secondary N) is 1. The predicted octanol–water partition coefficient (Wildman–Crippen LogP) is 3.69. The van der Waals surface area contributed by atoms with E-state index in [1.807, 2.05) is 42.6 Å². The molecule has 3 rings (SSSR count). The van der Waals surface area contributed by atoms with Gasteiger partial charge in [0.1, 0.15) is 0 Å². The zero-order valence-electron chi connectivity index (χ0n) is 14.7. The van der Waals surface area contributed by atoms with E-state index in [9.17, 15) is 9.59 Å². The lowest BCUT2D eigenvalue weighted by atomic mass is 10.1. The standard InChI is InChI=1S/C19H20N4O2S/c1-13(2)11-18(25)20-15-8-6-14(7-9-15)16(24)12-26-19-22-21-17-5-3-4-10-23(17)19/h3-10,13H,11-12H2,1-2H3,(H,20,25). The summed E-state index contributed by atoms with van der Waals surface area (Å²) in [5, 5.41) is 11.7. The van der Waals surface area contributed by atoms with Crippen molar-refractivity contribution in [3.63, 3.8) is 0 Å². The normalized spacial score (nSPS) is 11.0. The first kappa shape index (κ1) is 18.1. The largest absolute Gasteiger partial charge is 0.326 e. The van der Waals surface area contributed by atoms with E-state index < -0.39 is 0 Å². The summed E-state index contributed by atoms with van der Waals surface area (Å²) in [5.41, 5.74) is 2.06. The Labute approximate surface area is 156 Å². The molecule has 0 saturated carbocycles. The number of aromatic nitrogens is 3. The van der Waals surface area contributed by atoms with E-state index in [-0.39, 0.29) is 17.4 Å². The zero-order chi connectivity index (χ0) is 18.5. The first-order valence-electron chi connectivity index (χ1n) is 8.38. The number of hydrogen-bond acceptors (Lipinski definition) is 5. The second-order valence-corrected chi connectivity index (χ2v) is 7.29. The summed E-state index contributed by atoms with van der Waals surface area (Å²) in [5.74, 6) is 0.562. The number of benzene rings is 1. The fraction of sp³-hybridized carbons (Fsp3) is 0.263. The third-order valence-electron chi connectivity index (χ3n) is 3.70. The first-order chi connectivity index (χ1) is 12.5. The van der Waals surface area contributed by atoms with E-state index in [1.54, 1.807) is 24.3 Å². The number of carbonyl (C=O) groups excluding carboxylic acids is 2. The third-order valence-corrected chi connectivity index (χ3v) is 4.64. The highest BCUT2D eigenvalue weighted by Crippen LogP contribution is 2.19. The van der Waals surface area contributed by atoms with E-state index >= 15 is 0 Å². The fourth-order valence-electron chi connectivity index (χ4n) is 2.45. The molecule has 0 spiro atoms. The number of carbonyl (C=O) groups is 2. The maximum atomic E-state index is 12.4. The van der Waals surface area contributed by atoms with Crippen molar-refractivity contribution >= 4 is 34.8 Å². The number of rotatable bonds is 7. The van der Waals surface area contributed by atoms with Crippen LogP contribution in [0.15, 0.2) is 53.8 Å². The average molecular weight is 368 g/mol. The molecule has 0 radical (unpaired) electrons. The monoisotopic (exact) mass is 368 g/mol. The van der Waals surface area contributed by atoms with E-state index in [4.69, 9.17) is 0 Å². The van der Waals surface area contributed by atoms with Crippen molar-refractivity contribution < 1.29 is 9.59 Å². The molecule has 3 aromatic rings. The lowest BCUT2D eigenvalue weighted by Gasteiger charge is -2.08. The van der Waals surface area contributed by atoms with Crippen LogP contribution in [0.3, 0.4) is 0 Å². The summed E-state index contributed by atoms with van der Waals surface area (Å²) in [4.78, 5) is 24.2. The topological polar surface area (TPSA) is 76.4 Å². The molecule has 6 nitrogen and oxygen atoms in total. The van der Waals surface area contributed by atoms with Crippen molar-refractivity contribution in [2.24, 2.45) is 5.92 Å². The van der Waals surface area contributed by atoms with Crippen molar-refractivity contribution in [1.29, 1.82) is 0 Å². The number of Topliss-reactive ketones (excluding diaryl/α,β-unsaturated/α-hetero) is 1. The smallest absolute Gasteiger partial charge is 0.224 e. The van der Waals surface area contributed by atoms with Crippen molar-refractivity contribution in [1.82, 2.24) is 14.6 Å². The predicted molar refractivity (Wildman–Crippen MR) is 103 cm³/mol. The second-order valence-electron chi connectivity index (χ2n) is 6.35. The molecule has 26 heavy (non-hydrogen) atoms. The van der Waals surface area contributed by atoms with Gasteiger partial charge in [0.15, 0.2) is 16.6 Å². The molecule has 0 bridgehead atoms. The van der Waals surface area contributed by atoms with E-state index in [2.05, 4.69) is 15.5 Å². The number of anilines is 1. The number of amides is 1. The number of pyridine rings is 1. The third kappa shape index (κ3) is 4.49. The van der Waals surface area contributed by atoms with Gasteiger partial charge in [-0.1, -0.05) is 31.7 Å². The van der Waals surface area contributed by atoms with E-state index in [0.29, 0.717) is 28.7 Å². The summed E-state index contributed by atoms with van der Waals surface area (Å²) < 4.78 is 1.85. The molecule has 0 fully saturated rings. The highest BCUT2D eigenvalue weighted by Gasteiger charge is 2.11. The van der Waals surface area contributed by atoms with Gasteiger partial charge in [0.25, 0.3) is 0 Å². The number of hydrogen-bond donors (Lipinski definition) is 1. The molecule has 1 N–H and O–H groups in total. The van der Waals surface area contributed by atoms with Crippen LogP contribution in [0.1, 0.15) is 30.6 Å². The Balaban J connectivity index is 1.59. The molecule has 7 heteroatoms. The van der Waals surface area contributed by atoms with Crippen LogP contribution in [0.5, 0.6) is 0 Å². The Kier molecular flexibility index (Phi) is 5.68. The molecule has 134 valence electrons. The van der Waals surface area contributed by atoms with Gasteiger partial charge in [0.05, 0.1) is 5.75 Å². The van der Waals surface area contributed by atoms with Crippen LogP contribution in [0.25, 0.3) is 5.65 Å². The lowest BCUT2D eigenvalue weighted by Crippen LogP contribution is -2.14. The van der Waals surface area contributed by atoms with Gasteiger partial charge in [-0.2, -0.15) is 0 Å². The minimum atomic E-state index is -0.0201. The summed E-state index contributed by atoms with van der Waals surface area (Å²) in [6.45, 7) is 4.00. The minimum Gasteiger partial charge on any atom is -0.326 e. The molecule has 2 heterocycles. The van der Waals surface area contributed by atoms with Gasteiger partial charge < -0.3 is 5.32 Å². The number of nitrogens with zero attached hydrogens (tertiary/aromatic N) is 3. The van der Waals surface area contributed by atoms with Crippen LogP contribution < -0.4 is 5.32 Å². The van der Waals surface area contributed by atoms with Gasteiger partial charge in [-0.25, -0.2) is 0 Å². The van der Waals surface area contributed by atoms with Crippen LogP contribution in [0.4, 0.5) is 5.69 Å². The Hall–Kier alpha value is -2.67. The minimum absolute atomic E-state index is 0.00254. The molecular formula is C19H20N4O2S. The second kappa shape index (κ2) is 8.14. The highest BCUT2D eigenvalue weighted by atomic mass is 32.2. The van der Waals surface area contributed by atoms with Crippen LogP contribution in [0.2, 0.25) is 0 Å². The molecule has 0 aliphatic heterocycles. The van der Waals surface area contributed by atoms with Gasteiger partial charge in [-0.15, -0.1) is 10.2 Å². The molecule has 1 aromatic carbocycles. The molecule has 0 unspecified atom stereocenters. The van der Waals surface area contributed by atoms with Crippen LogP contribution >= 0.6 is 11.8 Å². The maximum absolute atomic E-state index is 12.4. The van der Waals surface area contributed by atoms with Gasteiger partial charge in [-0.05, 0) is 42.3 Å². The highest BCUT2D eigenvalue weighted by molar-refractivity contribution is 7.99.